The van der Waals surface area contributed by atoms with E-state index in [0.717, 1.165) is 37.6 Å². The highest BCUT2D eigenvalue weighted by Gasteiger charge is 2.26. The van der Waals surface area contributed by atoms with Crippen LogP contribution < -0.4 is 5.43 Å². The number of hydrogen-bond acceptors (Lipinski definition) is 2. The number of rotatable bonds is 2. The lowest BCUT2D eigenvalue weighted by Crippen LogP contribution is -2.42. The molecule has 5 heteroatoms. The summed E-state index contributed by atoms with van der Waals surface area (Å²) in [6, 6.07) is 1.59. The van der Waals surface area contributed by atoms with Crippen LogP contribution in [0.15, 0.2) is 23.3 Å². The van der Waals surface area contributed by atoms with Crippen LogP contribution in [0.4, 0.5) is 0 Å². The van der Waals surface area contributed by atoms with E-state index in [1.807, 2.05) is 4.90 Å². The number of amides is 1. The molecule has 0 aliphatic carbocycles. The second-order valence-electron chi connectivity index (χ2n) is 4.58. The zero-order valence-electron chi connectivity index (χ0n) is 10.2. The normalized spacial score (nSPS) is 20.5. The zero-order valence-corrected chi connectivity index (χ0v) is 11.8. The van der Waals surface area contributed by atoms with Gasteiger partial charge in [-0.15, -0.1) is 0 Å². The topological polar surface area (TPSA) is 53.2 Å². The summed E-state index contributed by atoms with van der Waals surface area (Å²) in [5.41, 5.74) is 0.0293. The number of H-pyrrole nitrogens is 1. The molecule has 1 unspecified atom stereocenters. The van der Waals surface area contributed by atoms with Crippen molar-refractivity contribution in [2.45, 2.75) is 31.7 Å². The lowest BCUT2D eigenvalue weighted by Gasteiger charge is -2.28. The number of nitrogens with one attached hydrogen (secondary N) is 1. The fourth-order valence-electron chi connectivity index (χ4n) is 2.34. The second-order valence-corrected chi connectivity index (χ2v) is 5.23. The van der Waals surface area contributed by atoms with Crippen LogP contribution in [0.5, 0.6) is 0 Å². The number of carbonyl (C=O) groups is 1. The molecule has 1 aromatic rings. The molecule has 0 bridgehead atoms. The van der Waals surface area contributed by atoms with Crippen LogP contribution in [0.3, 0.4) is 0 Å². The largest absolute Gasteiger partial charge is 0.367 e. The minimum absolute atomic E-state index is 0.150. The molecule has 0 radical (unpaired) electrons. The van der Waals surface area contributed by atoms with Crippen molar-refractivity contribution in [2.75, 3.05) is 11.9 Å². The highest BCUT2D eigenvalue weighted by Crippen LogP contribution is 2.19. The molecule has 1 saturated heterocycles. The van der Waals surface area contributed by atoms with Crippen LogP contribution in [0, 0.1) is 0 Å². The van der Waals surface area contributed by atoms with E-state index < -0.39 is 0 Å². The smallest absolute Gasteiger partial charge is 0.259 e. The van der Waals surface area contributed by atoms with Crippen molar-refractivity contribution in [3.8, 4) is 0 Å². The molecular weight excluding hydrogens is 296 g/mol. The Balaban J connectivity index is 2.26. The highest BCUT2D eigenvalue weighted by atomic mass is 79.9. The first-order valence-electron chi connectivity index (χ1n) is 6.28. The van der Waals surface area contributed by atoms with Crippen molar-refractivity contribution in [1.29, 1.82) is 0 Å². The fraction of sp³-hybridized carbons (Fsp3) is 0.538. The number of alkyl halides is 1. The van der Waals surface area contributed by atoms with Crippen LogP contribution >= 0.6 is 15.9 Å². The molecule has 0 saturated carbocycles. The molecule has 1 amide bonds. The molecule has 2 heterocycles. The van der Waals surface area contributed by atoms with Gasteiger partial charge < -0.3 is 9.88 Å². The van der Waals surface area contributed by atoms with Gasteiger partial charge in [0, 0.05) is 36.4 Å². The molecule has 1 aliphatic rings. The van der Waals surface area contributed by atoms with Crippen molar-refractivity contribution >= 4 is 21.8 Å². The predicted molar refractivity (Wildman–Crippen MR) is 74.1 cm³/mol. The number of likely N-dealkylation sites (tertiary alicyclic amines) is 1. The van der Waals surface area contributed by atoms with E-state index in [2.05, 4.69) is 20.9 Å². The van der Waals surface area contributed by atoms with Gasteiger partial charge in [0.15, 0.2) is 5.43 Å². The average molecular weight is 313 g/mol. The third-order valence-electron chi connectivity index (χ3n) is 3.37. The Morgan fingerprint density at radius 2 is 2.28 bits per heavy atom. The number of carbonyl (C=O) groups excluding carboxylic acids is 1. The van der Waals surface area contributed by atoms with Crippen LogP contribution in [0.25, 0.3) is 0 Å². The first-order valence-corrected chi connectivity index (χ1v) is 7.40. The van der Waals surface area contributed by atoms with Crippen molar-refractivity contribution in [2.24, 2.45) is 0 Å². The minimum atomic E-state index is -0.212. The average Bonchev–Trinajstić information content (AvgIpc) is 2.63. The van der Waals surface area contributed by atoms with Crippen molar-refractivity contribution in [1.82, 2.24) is 9.88 Å². The molecule has 1 aromatic heterocycles. The molecule has 0 aromatic carbocycles. The predicted octanol–water partition coefficient (Wildman–Crippen LogP) is 2.15. The molecular formula is C13H17BrN2O2. The lowest BCUT2D eigenvalue weighted by atomic mass is 10.1. The van der Waals surface area contributed by atoms with Gasteiger partial charge >= 0.3 is 0 Å². The number of halogens is 1. The Labute approximate surface area is 115 Å². The van der Waals surface area contributed by atoms with Gasteiger partial charge in [-0.2, -0.15) is 0 Å². The van der Waals surface area contributed by atoms with Gasteiger partial charge in [0.25, 0.3) is 5.91 Å². The Morgan fingerprint density at radius 1 is 1.44 bits per heavy atom. The van der Waals surface area contributed by atoms with Crippen LogP contribution in [-0.2, 0) is 0 Å². The van der Waals surface area contributed by atoms with E-state index in [0.29, 0.717) is 0 Å². The maximum Gasteiger partial charge on any atom is 0.259 e. The van der Waals surface area contributed by atoms with E-state index in [-0.39, 0.29) is 22.9 Å². The summed E-state index contributed by atoms with van der Waals surface area (Å²) in [5, 5.41) is 0.767. The molecule has 2 rings (SSSR count). The van der Waals surface area contributed by atoms with Crippen LogP contribution in [0.2, 0.25) is 0 Å². The molecule has 1 N–H and O–H groups in total. The molecule has 0 spiro atoms. The Bertz CT molecular complexity index is 472. The van der Waals surface area contributed by atoms with Crippen molar-refractivity contribution < 1.29 is 4.79 Å². The summed E-state index contributed by atoms with van der Waals surface area (Å²) in [7, 11) is 0. The number of aromatic amines is 1. The molecule has 4 nitrogen and oxygen atoms in total. The zero-order chi connectivity index (χ0) is 13.0. The van der Waals surface area contributed by atoms with Crippen molar-refractivity contribution in [3.05, 3.63) is 34.2 Å². The highest BCUT2D eigenvalue weighted by molar-refractivity contribution is 9.09. The van der Waals surface area contributed by atoms with Gasteiger partial charge in [-0.25, -0.2) is 0 Å². The SMILES string of the molecule is O=C(c1c[nH]ccc1=O)N1CCCCCC1CBr. The monoisotopic (exact) mass is 312 g/mol. The summed E-state index contributed by atoms with van der Waals surface area (Å²) in [4.78, 5) is 28.8. The Hall–Kier alpha value is -1.10. The summed E-state index contributed by atoms with van der Waals surface area (Å²) in [6.07, 6.45) is 7.36. The van der Waals surface area contributed by atoms with Gasteiger partial charge in [0.05, 0.1) is 0 Å². The molecule has 18 heavy (non-hydrogen) atoms. The molecule has 1 atom stereocenters. The number of aromatic nitrogens is 1. The summed E-state index contributed by atoms with van der Waals surface area (Å²) in [6.45, 7) is 0.740. The fourth-order valence-corrected chi connectivity index (χ4v) is 3.02. The van der Waals surface area contributed by atoms with E-state index in [1.54, 1.807) is 6.20 Å². The van der Waals surface area contributed by atoms with E-state index in [1.165, 1.54) is 12.3 Å². The maximum atomic E-state index is 12.4. The van der Waals surface area contributed by atoms with E-state index in [4.69, 9.17) is 0 Å². The van der Waals surface area contributed by atoms with Crippen molar-refractivity contribution in [3.63, 3.8) is 0 Å². The number of pyridine rings is 1. The van der Waals surface area contributed by atoms with Gasteiger partial charge in [-0.1, -0.05) is 28.8 Å². The first kappa shape index (κ1) is 13.3. The number of hydrogen-bond donors (Lipinski definition) is 1. The maximum absolute atomic E-state index is 12.4. The van der Waals surface area contributed by atoms with Gasteiger partial charge in [-0.05, 0) is 12.8 Å². The minimum Gasteiger partial charge on any atom is -0.367 e. The first-order chi connectivity index (χ1) is 8.74. The van der Waals surface area contributed by atoms with Gasteiger partial charge in [-0.3, -0.25) is 9.59 Å². The van der Waals surface area contributed by atoms with E-state index in [9.17, 15) is 9.59 Å². The van der Waals surface area contributed by atoms with Crippen LogP contribution in [0.1, 0.15) is 36.0 Å². The third-order valence-corrected chi connectivity index (χ3v) is 4.12. The summed E-state index contributed by atoms with van der Waals surface area (Å²) >= 11 is 3.47. The quantitative estimate of drug-likeness (QED) is 0.851. The summed E-state index contributed by atoms with van der Waals surface area (Å²) in [5.74, 6) is -0.150. The Morgan fingerprint density at radius 3 is 3.00 bits per heavy atom. The molecule has 1 aliphatic heterocycles. The van der Waals surface area contributed by atoms with Gasteiger partial charge in [0.1, 0.15) is 5.56 Å². The van der Waals surface area contributed by atoms with E-state index >= 15 is 0 Å². The lowest BCUT2D eigenvalue weighted by molar-refractivity contribution is 0.0700. The summed E-state index contributed by atoms with van der Waals surface area (Å²) < 4.78 is 0. The molecule has 98 valence electrons. The van der Waals surface area contributed by atoms with Gasteiger partial charge in [0.2, 0.25) is 0 Å². The second kappa shape index (κ2) is 6.18. The molecule has 1 fully saturated rings. The Kier molecular flexibility index (Phi) is 4.58. The standard InChI is InChI=1S/C13H17BrN2O2/c14-8-10-4-2-1-3-7-16(10)13(18)11-9-15-6-5-12(11)17/h5-6,9-10H,1-4,7-8H2,(H,15,17). The van der Waals surface area contributed by atoms with Crippen LogP contribution in [-0.4, -0.2) is 33.7 Å². The third kappa shape index (κ3) is 2.83. The number of nitrogens with zero attached hydrogens (tertiary/aromatic N) is 1.